The number of hydrogen-bond donors (Lipinski definition) is 1. The van der Waals surface area contributed by atoms with Crippen LogP contribution in [0.15, 0.2) is 41.0 Å². The third-order valence-corrected chi connectivity index (χ3v) is 5.50. The maximum absolute atomic E-state index is 12.9. The van der Waals surface area contributed by atoms with Gasteiger partial charge in [-0.2, -0.15) is 0 Å². The first-order valence-corrected chi connectivity index (χ1v) is 10.3. The summed E-state index contributed by atoms with van der Waals surface area (Å²) in [6.45, 7) is 5.88. The van der Waals surface area contributed by atoms with Gasteiger partial charge in [-0.05, 0) is 49.6 Å². The van der Waals surface area contributed by atoms with Crippen molar-refractivity contribution in [2.45, 2.75) is 33.4 Å². The van der Waals surface area contributed by atoms with Gasteiger partial charge in [-0.1, -0.05) is 17.3 Å². The lowest BCUT2D eigenvalue weighted by molar-refractivity contribution is 0.0768. The van der Waals surface area contributed by atoms with Crippen LogP contribution in [0.5, 0.6) is 0 Å². The lowest BCUT2D eigenvalue weighted by Gasteiger charge is -2.30. The molecular weight excluding hydrogens is 396 g/mol. The zero-order valence-electron chi connectivity index (χ0n) is 18.0. The van der Waals surface area contributed by atoms with E-state index in [1.165, 1.54) is 0 Å². The summed E-state index contributed by atoms with van der Waals surface area (Å²) in [6.07, 6.45) is 2.30. The van der Waals surface area contributed by atoms with E-state index in [0.717, 1.165) is 16.8 Å². The second-order valence-electron chi connectivity index (χ2n) is 7.60. The quantitative estimate of drug-likeness (QED) is 0.682. The highest BCUT2D eigenvalue weighted by atomic mass is 16.3. The molecule has 0 atom stereocenters. The van der Waals surface area contributed by atoms with Crippen molar-refractivity contribution in [3.8, 4) is 5.69 Å². The number of urea groups is 1. The van der Waals surface area contributed by atoms with E-state index in [2.05, 4.69) is 15.6 Å². The summed E-state index contributed by atoms with van der Waals surface area (Å²) >= 11 is 0. The van der Waals surface area contributed by atoms with Crippen molar-refractivity contribution in [3.63, 3.8) is 0 Å². The molecule has 1 aliphatic heterocycles. The third kappa shape index (κ3) is 4.03. The van der Waals surface area contributed by atoms with Crippen LogP contribution in [0.1, 0.15) is 40.0 Å². The van der Waals surface area contributed by atoms with Gasteiger partial charge in [0.2, 0.25) is 0 Å². The monoisotopic (exact) mass is 422 g/mol. The van der Waals surface area contributed by atoms with Crippen LogP contribution in [0.3, 0.4) is 0 Å². The van der Waals surface area contributed by atoms with E-state index in [4.69, 9.17) is 4.42 Å². The van der Waals surface area contributed by atoms with Crippen molar-refractivity contribution in [1.82, 2.24) is 30.1 Å². The van der Waals surface area contributed by atoms with Gasteiger partial charge in [-0.25, -0.2) is 9.48 Å². The fourth-order valence-corrected chi connectivity index (χ4v) is 3.87. The molecule has 9 heteroatoms. The molecule has 0 aliphatic carbocycles. The second-order valence-corrected chi connectivity index (χ2v) is 7.60. The standard InChI is InChI=1S/C22H26N6O3/c1-4-23-22(30)27-11-10-18-16(13-27)7-5-9-19(18)28-15(2)20(24-25-28)21(29)26(3)14-17-8-6-12-31-17/h5-9,12H,4,10-11,13-14H2,1-3H3,(H,23,30). The fraction of sp³-hybridized carbons (Fsp3) is 0.364. The fourth-order valence-electron chi connectivity index (χ4n) is 3.87. The molecule has 2 aromatic heterocycles. The molecule has 3 heterocycles. The second kappa shape index (κ2) is 8.63. The van der Waals surface area contributed by atoms with Crippen molar-refractivity contribution < 1.29 is 14.0 Å². The van der Waals surface area contributed by atoms with Crippen LogP contribution in [0, 0.1) is 6.92 Å². The lowest BCUT2D eigenvalue weighted by Crippen LogP contribution is -2.42. The highest BCUT2D eigenvalue weighted by Crippen LogP contribution is 2.26. The number of furan rings is 1. The maximum atomic E-state index is 12.9. The molecule has 0 saturated heterocycles. The van der Waals surface area contributed by atoms with Crippen LogP contribution in [-0.2, 0) is 19.5 Å². The minimum atomic E-state index is -0.215. The molecule has 162 valence electrons. The highest BCUT2D eigenvalue weighted by Gasteiger charge is 2.26. The minimum absolute atomic E-state index is 0.0528. The summed E-state index contributed by atoms with van der Waals surface area (Å²) in [5.74, 6) is 0.488. The first kappa shape index (κ1) is 20.6. The number of aromatic nitrogens is 3. The molecule has 4 rings (SSSR count). The van der Waals surface area contributed by atoms with Gasteiger partial charge in [0, 0.05) is 26.7 Å². The van der Waals surface area contributed by atoms with Crippen LogP contribution in [0.25, 0.3) is 5.69 Å². The molecule has 0 unspecified atom stereocenters. The van der Waals surface area contributed by atoms with Crippen molar-refractivity contribution in [3.05, 3.63) is 64.9 Å². The van der Waals surface area contributed by atoms with Gasteiger partial charge < -0.3 is 19.5 Å². The smallest absolute Gasteiger partial charge is 0.317 e. The molecule has 1 N–H and O–H groups in total. The summed E-state index contributed by atoms with van der Waals surface area (Å²) in [4.78, 5) is 28.5. The number of nitrogens with one attached hydrogen (secondary N) is 1. The average Bonchev–Trinajstić information content (AvgIpc) is 3.42. The number of carbonyl (C=O) groups is 2. The van der Waals surface area contributed by atoms with Crippen LogP contribution in [-0.4, -0.2) is 56.9 Å². The van der Waals surface area contributed by atoms with E-state index in [1.807, 2.05) is 43.0 Å². The van der Waals surface area contributed by atoms with Crippen LogP contribution < -0.4 is 5.32 Å². The van der Waals surface area contributed by atoms with Crippen LogP contribution in [0.4, 0.5) is 4.79 Å². The normalized spacial score (nSPS) is 13.1. The van der Waals surface area contributed by atoms with E-state index in [9.17, 15) is 9.59 Å². The van der Waals surface area contributed by atoms with Gasteiger partial charge in [-0.3, -0.25) is 4.79 Å². The Hall–Kier alpha value is -3.62. The van der Waals surface area contributed by atoms with E-state index in [1.54, 1.807) is 29.0 Å². The summed E-state index contributed by atoms with van der Waals surface area (Å²) in [5.41, 5.74) is 4.08. The zero-order valence-corrected chi connectivity index (χ0v) is 18.0. The Balaban J connectivity index is 1.58. The molecule has 0 spiro atoms. The summed E-state index contributed by atoms with van der Waals surface area (Å²) in [5, 5.41) is 11.3. The number of rotatable bonds is 5. The third-order valence-electron chi connectivity index (χ3n) is 5.50. The summed E-state index contributed by atoms with van der Waals surface area (Å²) in [7, 11) is 1.71. The van der Waals surface area contributed by atoms with Gasteiger partial charge in [-0.15, -0.1) is 5.10 Å². The number of amides is 3. The molecule has 1 aromatic carbocycles. The van der Waals surface area contributed by atoms with Gasteiger partial charge in [0.15, 0.2) is 5.69 Å². The molecule has 0 radical (unpaired) electrons. The maximum Gasteiger partial charge on any atom is 0.317 e. The molecular formula is C22H26N6O3. The van der Waals surface area contributed by atoms with Gasteiger partial charge in [0.1, 0.15) is 5.76 Å². The first-order valence-electron chi connectivity index (χ1n) is 10.3. The largest absolute Gasteiger partial charge is 0.467 e. The molecule has 1 aliphatic rings. The highest BCUT2D eigenvalue weighted by molar-refractivity contribution is 5.93. The van der Waals surface area contributed by atoms with Gasteiger partial charge in [0.05, 0.1) is 24.2 Å². The molecule has 3 amide bonds. The van der Waals surface area contributed by atoms with Gasteiger partial charge in [0.25, 0.3) is 5.91 Å². The number of nitrogens with zero attached hydrogens (tertiary/aromatic N) is 5. The van der Waals surface area contributed by atoms with Crippen molar-refractivity contribution in [2.24, 2.45) is 0 Å². The Labute approximate surface area is 180 Å². The Morgan fingerprint density at radius 3 is 2.84 bits per heavy atom. The topological polar surface area (TPSA) is 96.5 Å². The predicted octanol–water partition coefficient (Wildman–Crippen LogP) is 2.53. The number of fused-ring (bicyclic) bond motifs is 1. The molecule has 3 aromatic rings. The lowest BCUT2D eigenvalue weighted by atomic mass is 9.98. The Bertz CT molecular complexity index is 1090. The summed E-state index contributed by atoms with van der Waals surface area (Å²) in [6, 6.07) is 9.52. The van der Waals surface area contributed by atoms with Gasteiger partial charge >= 0.3 is 6.03 Å². The van der Waals surface area contributed by atoms with E-state index < -0.39 is 0 Å². The SMILES string of the molecule is CCNC(=O)N1CCc2c(cccc2-n2nnc(C(=O)N(C)Cc3ccco3)c2C)C1. The Morgan fingerprint density at radius 2 is 2.10 bits per heavy atom. The molecule has 31 heavy (non-hydrogen) atoms. The van der Waals surface area contributed by atoms with E-state index in [-0.39, 0.29) is 11.9 Å². The first-order chi connectivity index (χ1) is 15.0. The average molecular weight is 422 g/mol. The van der Waals surface area contributed by atoms with E-state index in [0.29, 0.717) is 49.7 Å². The van der Waals surface area contributed by atoms with E-state index >= 15 is 0 Å². The minimum Gasteiger partial charge on any atom is -0.467 e. The van der Waals surface area contributed by atoms with Crippen molar-refractivity contribution in [1.29, 1.82) is 0 Å². The Kier molecular flexibility index (Phi) is 5.75. The van der Waals surface area contributed by atoms with Crippen molar-refractivity contribution in [2.75, 3.05) is 20.1 Å². The van der Waals surface area contributed by atoms with Crippen molar-refractivity contribution >= 4 is 11.9 Å². The molecule has 0 fully saturated rings. The predicted molar refractivity (Wildman–Crippen MR) is 114 cm³/mol. The number of carbonyl (C=O) groups excluding carboxylic acids is 2. The van der Waals surface area contributed by atoms with Crippen LogP contribution >= 0.6 is 0 Å². The number of hydrogen-bond acceptors (Lipinski definition) is 5. The summed E-state index contributed by atoms with van der Waals surface area (Å²) < 4.78 is 7.05. The Morgan fingerprint density at radius 1 is 1.26 bits per heavy atom. The molecule has 0 saturated carbocycles. The zero-order chi connectivity index (χ0) is 22.0. The van der Waals surface area contributed by atoms with Crippen LogP contribution in [0.2, 0.25) is 0 Å². The number of benzene rings is 1. The molecule has 0 bridgehead atoms. The molecule has 9 nitrogen and oxygen atoms in total.